The van der Waals surface area contributed by atoms with E-state index < -0.39 is 35.4 Å². The molecule has 140 valence electrons. The van der Waals surface area contributed by atoms with Crippen molar-refractivity contribution in [2.45, 2.75) is 5.92 Å². The molecule has 3 rings (SSSR count). The molecule has 2 heterocycles. The van der Waals surface area contributed by atoms with Crippen LogP contribution in [0.4, 0.5) is 13.2 Å². The number of nitrogens with zero attached hydrogens (tertiary/aromatic N) is 1. The van der Waals surface area contributed by atoms with Gasteiger partial charge in [-0.05, 0) is 36.4 Å². The van der Waals surface area contributed by atoms with Gasteiger partial charge < -0.3 is 15.0 Å². The number of rotatable bonds is 5. The Kier molecular flexibility index (Phi) is 4.85. The minimum absolute atomic E-state index is 0.321. The Balaban J connectivity index is 1.82. The van der Waals surface area contributed by atoms with Crippen LogP contribution in [0.25, 0.3) is 10.9 Å². The van der Waals surface area contributed by atoms with E-state index in [1.807, 2.05) is 5.32 Å². The van der Waals surface area contributed by atoms with Crippen LogP contribution in [0.5, 0.6) is 5.75 Å². The molecular formula is C18H14F3N3O3. The first-order valence-corrected chi connectivity index (χ1v) is 7.79. The number of benzene rings is 1. The number of carbonyl (C=O) groups is 1. The van der Waals surface area contributed by atoms with Gasteiger partial charge in [0.2, 0.25) is 0 Å². The average molecular weight is 377 g/mol. The number of fused-ring (bicyclic) bond motifs is 1. The summed E-state index contributed by atoms with van der Waals surface area (Å²) < 4.78 is 46.1. The predicted molar refractivity (Wildman–Crippen MR) is 91.5 cm³/mol. The number of nitrogens with one attached hydrogen (secondary N) is 2. The van der Waals surface area contributed by atoms with Gasteiger partial charge in [-0.3, -0.25) is 14.6 Å². The van der Waals surface area contributed by atoms with E-state index in [4.69, 9.17) is 4.74 Å². The topological polar surface area (TPSA) is 84.1 Å². The minimum Gasteiger partial charge on any atom is -0.497 e. The number of aromatic nitrogens is 2. The summed E-state index contributed by atoms with van der Waals surface area (Å²) in [6.07, 6.45) is 0.659. The zero-order chi connectivity index (χ0) is 19.6. The van der Waals surface area contributed by atoms with E-state index in [0.717, 1.165) is 12.1 Å². The number of carbonyl (C=O) groups excluding carboxylic acids is 1. The molecule has 9 heteroatoms. The fourth-order valence-electron chi connectivity index (χ4n) is 2.45. The predicted octanol–water partition coefficient (Wildman–Crippen LogP) is 2.59. The standard InChI is InChI=1S/C18H14F3N3O3/c1-27-12-3-4-14-10(6-12)7-13(17(26)24-14)16(25)23-9-18(20,21)15-5-2-11(19)8-22-15/h2-8H,9H2,1H3,(H,23,25)(H,24,26). The van der Waals surface area contributed by atoms with E-state index in [9.17, 15) is 22.8 Å². The van der Waals surface area contributed by atoms with E-state index in [0.29, 0.717) is 22.8 Å². The van der Waals surface area contributed by atoms with Crippen molar-refractivity contribution in [3.63, 3.8) is 0 Å². The number of hydrogen-bond acceptors (Lipinski definition) is 4. The molecule has 0 aliphatic rings. The summed E-state index contributed by atoms with van der Waals surface area (Å²) in [5.41, 5.74) is -1.26. The molecule has 0 radical (unpaired) electrons. The Morgan fingerprint density at radius 1 is 1.26 bits per heavy atom. The molecule has 0 unspecified atom stereocenters. The highest BCUT2D eigenvalue weighted by atomic mass is 19.3. The van der Waals surface area contributed by atoms with Gasteiger partial charge in [0.15, 0.2) is 0 Å². The molecule has 3 aromatic rings. The maximum absolute atomic E-state index is 14.1. The Morgan fingerprint density at radius 3 is 2.70 bits per heavy atom. The average Bonchev–Trinajstić information content (AvgIpc) is 2.65. The van der Waals surface area contributed by atoms with Gasteiger partial charge in [-0.2, -0.15) is 8.78 Å². The lowest BCUT2D eigenvalue weighted by Gasteiger charge is -2.16. The van der Waals surface area contributed by atoms with Crippen molar-refractivity contribution >= 4 is 16.8 Å². The molecule has 0 aliphatic heterocycles. The summed E-state index contributed by atoms with van der Waals surface area (Å²) in [7, 11) is 1.46. The van der Waals surface area contributed by atoms with Crippen LogP contribution in [0.15, 0.2) is 47.4 Å². The molecule has 0 aliphatic carbocycles. The lowest BCUT2D eigenvalue weighted by atomic mass is 10.1. The van der Waals surface area contributed by atoms with E-state index >= 15 is 0 Å². The molecule has 0 spiro atoms. The molecule has 27 heavy (non-hydrogen) atoms. The summed E-state index contributed by atoms with van der Waals surface area (Å²) in [4.78, 5) is 30.1. The first kappa shape index (κ1) is 18.4. The monoisotopic (exact) mass is 377 g/mol. The van der Waals surface area contributed by atoms with Crippen molar-refractivity contribution in [3.8, 4) is 5.75 Å². The number of ether oxygens (including phenoxy) is 1. The zero-order valence-corrected chi connectivity index (χ0v) is 14.1. The van der Waals surface area contributed by atoms with E-state index in [-0.39, 0.29) is 5.56 Å². The molecular weight excluding hydrogens is 363 g/mol. The molecule has 1 amide bonds. The van der Waals surface area contributed by atoms with Gasteiger partial charge in [0.25, 0.3) is 11.5 Å². The summed E-state index contributed by atoms with van der Waals surface area (Å²) >= 11 is 0. The summed E-state index contributed by atoms with van der Waals surface area (Å²) in [5.74, 6) is -4.75. The van der Waals surface area contributed by atoms with Gasteiger partial charge in [0.1, 0.15) is 22.8 Å². The van der Waals surface area contributed by atoms with Crippen LogP contribution in [0.3, 0.4) is 0 Å². The molecule has 2 N–H and O–H groups in total. The van der Waals surface area contributed by atoms with Crippen molar-refractivity contribution in [1.82, 2.24) is 15.3 Å². The fourth-order valence-corrected chi connectivity index (χ4v) is 2.45. The third-order valence-electron chi connectivity index (χ3n) is 3.87. The summed E-state index contributed by atoms with van der Waals surface area (Å²) in [6.45, 7) is -1.10. The van der Waals surface area contributed by atoms with Crippen LogP contribution < -0.4 is 15.6 Å². The van der Waals surface area contributed by atoms with Crippen molar-refractivity contribution in [3.05, 3.63) is 70.0 Å². The molecule has 6 nitrogen and oxygen atoms in total. The minimum atomic E-state index is -3.53. The van der Waals surface area contributed by atoms with E-state index in [1.165, 1.54) is 13.2 Å². The Morgan fingerprint density at radius 2 is 2.04 bits per heavy atom. The third-order valence-corrected chi connectivity index (χ3v) is 3.87. The van der Waals surface area contributed by atoms with E-state index in [2.05, 4.69) is 9.97 Å². The first-order valence-electron chi connectivity index (χ1n) is 7.79. The van der Waals surface area contributed by atoms with Gasteiger partial charge in [-0.1, -0.05) is 0 Å². The van der Waals surface area contributed by atoms with Crippen molar-refractivity contribution in [1.29, 1.82) is 0 Å². The van der Waals surface area contributed by atoms with Crippen molar-refractivity contribution in [2.24, 2.45) is 0 Å². The van der Waals surface area contributed by atoms with Gasteiger partial charge >= 0.3 is 5.92 Å². The summed E-state index contributed by atoms with van der Waals surface area (Å²) in [6, 6.07) is 7.80. The molecule has 0 atom stereocenters. The molecule has 0 fully saturated rings. The Hall–Kier alpha value is -3.36. The highest BCUT2D eigenvalue weighted by Crippen LogP contribution is 2.25. The largest absolute Gasteiger partial charge is 0.497 e. The smallest absolute Gasteiger partial charge is 0.306 e. The van der Waals surface area contributed by atoms with Gasteiger partial charge in [0, 0.05) is 10.9 Å². The highest BCUT2D eigenvalue weighted by molar-refractivity contribution is 5.97. The highest BCUT2D eigenvalue weighted by Gasteiger charge is 2.34. The van der Waals surface area contributed by atoms with Crippen LogP contribution in [-0.4, -0.2) is 29.5 Å². The van der Waals surface area contributed by atoms with Crippen LogP contribution in [0.2, 0.25) is 0 Å². The molecule has 0 saturated heterocycles. The number of amides is 1. The number of aromatic amines is 1. The Labute approximate surface area is 151 Å². The number of H-pyrrole nitrogens is 1. The zero-order valence-electron chi connectivity index (χ0n) is 14.1. The van der Waals surface area contributed by atoms with E-state index in [1.54, 1.807) is 18.2 Å². The summed E-state index contributed by atoms with van der Waals surface area (Å²) in [5, 5.41) is 2.52. The Bertz CT molecular complexity index is 1050. The normalized spacial score (nSPS) is 11.4. The lowest BCUT2D eigenvalue weighted by molar-refractivity contribution is -0.00687. The number of pyridine rings is 2. The van der Waals surface area contributed by atoms with Gasteiger partial charge in [0.05, 0.1) is 19.9 Å². The second-order valence-corrected chi connectivity index (χ2v) is 5.71. The third kappa shape index (κ3) is 3.91. The van der Waals surface area contributed by atoms with Crippen molar-refractivity contribution < 1.29 is 22.7 Å². The van der Waals surface area contributed by atoms with Gasteiger partial charge in [-0.25, -0.2) is 4.39 Å². The molecule has 0 saturated carbocycles. The fraction of sp³-hybridized carbons (Fsp3) is 0.167. The van der Waals surface area contributed by atoms with Crippen LogP contribution in [0, 0.1) is 5.82 Å². The van der Waals surface area contributed by atoms with Crippen LogP contribution >= 0.6 is 0 Å². The molecule has 2 aromatic heterocycles. The lowest BCUT2D eigenvalue weighted by Crippen LogP contribution is -2.37. The maximum atomic E-state index is 14.1. The molecule has 0 bridgehead atoms. The maximum Gasteiger partial charge on any atom is 0.306 e. The van der Waals surface area contributed by atoms with Crippen molar-refractivity contribution in [2.75, 3.05) is 13.7 Å². The first-order chi connectivity index (χ1) is 12.8. The SMILES string of the molecule is COc1ccc2[nH]c(=O)c(C(=O)NCC(F)(F)c3ccc(F)cn3)cc2c1. The second kappa shape index (κ2) is 7.10. The quantitative estimate of drug-likeness (QED) is 0.716. The number of hydrogen-bond donors (Lipinski definition) is 2. The molecule has 1 aromatic carbocycles. The van der Waals surface area contributed by atoms with Crippen LogP contribution in [0.1, 0.15) is 16.1 Å². The van der Waals surface area contributed by atoms with Crippen LogP contribution in [-0.2, 0) is 5.92 Å². The van der Waals surface area contributed by atoms with Gasteiger partial charge in [-0.15, -0.1) is 0 Å². The number of halogens is 3. The number of alkyl halides is 2. The second-order valence-electron chi connectivity index (χ2n) is 5.71. The number of methoxy groups -OCH3 is 1.